The number of rotatable bonds is 2. The molecule has 90 valence electrons. The van der Waals surface area contributed by atoms with Crippen LogP contribution in [0.25, 0.3) is 16.5 Å². The fourth-order valence-electron chi connectivity index (χ4n) is 2.03. The van der Waals surface area contributed by atoms with Gasteiger partial charge in [0.25, 0.3) is 0 Å². The summed E-state index contributed by atoms with van der Waals surface area (Å²) in [5, 5.41) is 0.967. The third-order valence-corrected chi connectivity index (χ3v) is 3.00. The Balaban J connectivity index is 2.10. The van der Waals surface area contributed by atoms with Crippen LogP contribution < -0.4 is 4.74 Å². The van der Waals surface area contributed by atoms with Gasteiger partial charge in [0.2, 0.25) is 0 Å². The van der Waals surface area contributed by atoms with Crippen LogP contribution in [0.3, 0.4) is 0 Å². The third kappa shape index (κ3) is 1.74. The monoisotopic (exact) mass is 240 g/mol. The molecule has 1 aromatic carbocycles. The van der Waals surface area contributed by atoms with Gasteiger partial charge in [-0.3, -0.25) is 4.79 Å². The molecule has 0 spiro atoms. The number of hydrogen-bond donors (Lipinski definition) is 0. The largest absolute Gasteiger partial charge is 0.497 e. The predicted molar refractivity (Wildman–Crippen MR) is 69.5 cm³/mol. The zero-order valence-electron chi connectivity index (χ0n) is 9.97. The maximum atomic E-state index is 11.8. The first-order valence-electron chi connectivity index (χ1n) is 5.76. The number of ketones is 1. The Morgan fingerprint density at radius 1 is 1.28 bits per heavy atom. The van der Waals surface area contributed by atoms with Gasteiger partial charge >= 0.3 is 0 Å². The van der Waals surface area contributed by atoms with E-state index in [-0.39, 0.29) is 5.78 Å². The fraction of sp³-hybridized carbons (Fsp3) is 0.133. The molecule has 3 rings (SSSR count). The first kappa shape index (κ1) is 10.8. The first-order chi connectivity index (χ1) is 8.78. The molecule has 0 fully saturated rings. The van der Waals surface area contributed by atoms with Gasteiger partial charge in [-0.1, -0.05) is 12.2 Å². The number of methoxy groups -OCH3 is 1. The van der Waals surface area contributed by atoms with Crippen LogP contribution in [0, 0.1) is 0 Å². The lowest BCUT2D eigenvalue weighted by atomic mass is 10.0. The number of Topliss-reactive ketones (excluding diaryl/α,β-unsaturated/α-hetero) is 1. The van der Waals surface area contributed by atoms with Crippen LogP contribution in [0.15, 0.2) is 46.9 Å². The Morgan fingerprint density at radius 2 is 2.17 bits per heavy atom. The lowest BCUT2D eigenvalue weighted by Crippen LogP contribution is -2.01. The van der Waals surface area contributed by atoms with Crippen LogP contribution in [0.5, 0.6) is 5.75 Å². The second-order valence-electron chi connectivity index (χ2n) is 4.15. The van der Waals surface area contributed by atoms with Crippen molar-refractivity contribution in [1.29, 1.82) is 0 Å². The molecular formula is C15H12O3. The Kier molecular flexibility index (Phi) is 2.52. The van der Waals surface area contributed by atoms with Crippen LogP contribution in [-0.2, 0) is 4.79 Å². The van der Waals surface area contributed by atoms with E-state index in [0.29, 0.717) is 17.8 Å². The van der Waals surface area contributed by atoms with Crippen molar-refractivity contribution in [2.24, 2.45) is 0 Å². The van der Waals surface area contributed by atoms with E-state index in [4.69, 9.17) is 9.15 Å². The maximum absolute atomic E-state index is 11.8. The predicted octanol–water partition coefficient (Wildman–Crippen LogP) is 3.35. The minimum Gasteiger partial charge on any atom is -0.497 e. The van der Waals surface area contributed by atoms with Gasteiger partial charge < -0.3 is 9.15 Å². The van der Waals surface area contributed by atoms with E-state index in [0.717, 1.165) is 16.7 Å². The normalized spacial score (nSPS) is 14.9. The van der Waals surface area contributed by atoms with Gasteiger partial charge in [0, 0.05) is 17.9 Å². The summed E-state index contributed by atoms with van der Waals surface area (Å²) >= 11 is 0. The Bertz CT molecular complexity index is 674. The molecule has 3 nitrogen and oxygen atoms in total. The molecule has 0 aliphatic heterocycles. The van der Waals surface area contributed by atoms with Crippen molar-refractivity contribution in [3.05, 3.63) is 48.3 Å². The van der Waals surface area contributed by atoms with Crippen LogP contribution in [0.2, 0.25) is 0 Å². The highest BCUT2D eigenvalue weighted by atomic mass is 16.5. The highest BCUT2D eigenvalue weighted by Crippen LogP contribution is 2.29. The number of allylic oxidation sites excluding steroid dienone is 4. The van der Waals surface area contributed by atoms with Gasteiger partial charge in [0.05, 0.1) is 12.7 Å². The standard InChI is InChI=1S/C15H12O3/c1-17-11-7-6-10-8-15(18-14(10)9-11)12-4-2-3-5-13(12)16/h2-4,6-9H,5H2,1H3. The molecular weight excluding hydrogens is 228 g/mol. The molecule has 0 unspecified atom stereocenters. The smallest absolute Gasteiger partial charge is 0.170 e. The average molecular weight is 240 g/mol. The zero-order chi connectivity index (χ0) is 12.5. The third-order valence-electron chi connectivity index (χ3n) is 3.00. The van der Waals surface area contributed by atoms with E-state index >= 15 is 0 Å². The van der Waals surface area contributed by atoms with Crippen molar-refractivity contribution in [2.75, 3.05) is 7.11 Å². The molecule has 1 aliphatic carbocycles. The maximum Gasteiger partial charge on any atom is 0.170 e. The van der Waals surface area contributed by atoms with E-state index in [1.54, 1.807) is 13.2 Å². The van der Waals surface area contributed by atoms with Crippen LogP contribution >= 0.6 is 0 Å². The summed E-state index contributed by atoms with van der Waals surface area (Å²) < 4.78 is 10.9. The van der Waals surface area contributed by atoms with E-state index in [1.807, 2.05) is 36.4 Å². The molecule has 0 N–H and O–H groups in total. The average Bonchev–Trinajstić information content (AvgIpc) is 2.81. The SMILES string of the molecule is COc1ccc2cc(C3=CC=CCC3=O)oc2c1. The zero-order valence-corrected chi connectivity index (χ0v) is 9.97. The molecule has 1 heterocycles. The van der Waals surface area contributed by atoms with Crippen molar-refractivity contribution >= 4 is 22.3 Å². The summed E-state index contributed by atoms with van der Waals surface area (Å²) in [7, 11) is 1.61. The van der Waals surface area contributed by atoms with E-state index < -0.39 is 0 Å². The number of furan rings is 1. The highest BCUT2D eigenvalue weighted by Gasteiger charge is 2.16. The van der Waals surface area contributed by atoms with Crippen molar-refractivity contribution in [3.8, 4) is 5.75 Å². The van der Waals surface area contributed by atoms with Crippen molar-refractivity contribution in [1.82, 2.24) is 0 Å². The molecule has 0 saturated carbocycles. The number of hydrogen-bond acceptors (Lipinski definition) is 3. The summed E-state index contributed by atoms with van der Waals surface area (Å²) in [6.07, 6.45) is 5.95. The summed E-state index contributed by atoms with van der Waals surface area (Å²) in [5.41, 5.74) is 1.36. The van der Waals surface area contributed by atoms with Gasteiger partial charge in [-0.2, -0.15) is 0 Å². The van der Waals surface area contributed by atoms with E-state index in [1.165, 1.54) is 0 Å². The number of carbonyl (C=O) groups excluding carboxylic acids is 1. The second kappa shape index (κ2) is 4.18. The molecule has 1 aliphatic rings. The van der Waals surface area contributed by atoms with Gasteiger partial charge in [-0.15, -0.1) is 0 Å². The Hall–Kier alpha value is -2.29. The first-order valence-corrected chi connectivity index (χ1v) is 5.76. The molecule has 0 atom stereocenters. The van der Waals surface area contributed by atoms with Gasteiger partial charge in [-0.05, 0) is 24.3 Å². The Labute approximate surface area is 104 Å². The van der Waals surface area contributed by atoms with Crippen LogP contribution in [-0.4, -0.2) is 12.9 Å². The number of fused-ring (bicyclic) bond motifs is 1. The minimum absolute atomic E-state index is 0.0866. The minimum atomic E-state index is 0.0866. The Morgan fingerprint density at radius 3 is 2.94 bits per heavy atom. The molecule has 0 radical (unpaired) electrons. The summed E-state index contributed by atoms with van der Waals surface area (Å²) in [4.78, 5) is 11.8. The highest BCUT2D eigenvalue weighted by molar-refractivity contribution is 6.22. The molecule has 0 bridgehead atoms. The van der Waals surface area contributed by atoms with Crippen LogP contribution in [0.1, 0.15) is 12.2 Å². The van der Waals surface area contributed by atoms with Crippen molar-refractivity contribution in [2.45, 2.75) is 6.42 Å². The summed E-state index contributed by atoms with van der Waals surface area (Å²) in [6.45, 7) is 0. The molecule has 18 heavy (non-hydrogen) atoms. The number of benzene rings is 1. The van der Waals surface area contributed by atoms with E-state index in [2.05, 4.69) is 0 Å². The molecule has 0 amide bonds. The van der Waals surface area contributed by atoms with Gasteiger partial charge in [-0.25, -0.2) is 0 Å². The lowest BCUT2D eigenvalue weighted by molar-refractivity contribution is -0.113. The molecule has 3 heteroatoms. The van der Waals surface area contributed by atoms with E-state index in [9.17, 15) is 4.79 Å². The van der Waals surface area contributed by atoms with Gasteiger partial charge in [0.1, 0.15) is 17.1 Å². The van der Waals surface area contributed by atoms with Crippen molar-refractivity contribution < 1.29 is 13.9 Å². The fourth-order valence-corrected chi connectivity index (χ4v) is 2.03. The number of carbonyl (C=O) groups is 1. The lowest BCUT2D eigenvalue weighted by Gasteiger charge is -2.03. The molecule has 2 aromatic rings. The second-order valence-corrected chi connectivity index (χ2v) is 4.15. The number of ether oxygens (including phenoxy) is 1. The van der Waals surface area contributed by atoms with Gasteiger partial charge in [0.15, 0.2) is 5.78 Å². The quantitative estimate of drug-likeness (QED) is 0.808. The summed E-state index contributed by atoms with van der Waals surface area (Å²) in [6, 6.07) is 7.50. The molecule has 0 saturated heterocycles. The molecule has 1 aromatic heterocycles. The topological polar surface area (TPSA) is 39.4 Å². The van der Waals surface area contributed by atoms with Crippen LogP contribution in [0.4, 0.5) is 0 Å². The summed E-state index contributed by atoms with van der Waals surface area (Å²) in [5.74, 6) is 1.45. The van der Waals surface area contributed by atoms with Crippen molar-refractivity contribution in [3.63, 3.8) is 0 Å².